The summed E-state index contributed by atoms with van der Waals surface area (Å²) in [5, 5.41) is 16.5. The molecule has 10 heteroatoms. The van der Waals surface area contributed by atoms with E-state index in [9.17, 15) is 23.3 Å². The number of nitrogens with zero attached hydrogens (tertiary/aromatic N) is 1. The minimum Gasteiger partial charge on any atom is -0.378 e. The Bertz CT molecular complexity index is 897. The smallest absolute Gasteiger partial charge is 0.292 e. The first-order valence-corrected chi connectivity index (χ1v) is 9.12. The molecule has 0 fully saturated rings. The van der Waals surface area contributed by atoms with Gasteiger partial charge in [-0.05, 0) is 37.4 Å². The molecule has 9 nitrogen and oxygen atoms in total. The second-order valence-corrected chi connectivity index (χ2v) is 7.08. The van der Waals surface area contributed by atoms with Crippen LogP contribution in [0.25, 0.3) is 0 Å². The summed E-state index contributed by atoms with van der Waals surface area (Å²) in [5.74, 6) is -0.372. The second-order valence-electron chi connectivity index (χ2n) is 5.19. The van der Waals surface area contributed by atoms with Gasteiger partial charge in [-0.15, -0.1) is 0 Å². The number of carbonyl (C=O) groups is 1. The van der Waals surface area contributed by atoms with Crippen molar-refractivity contribution in [2.45, 2.75) is 4.90 Å². The van der Waals surface area contributed by atoms with Gasteiger partial charge in [0.05, 0.1) is 9.82 Å². The van der Waals surface area contributed by atoms with Crippen LogP contribution < -0.4 is 15.4 Å². The normalized spacial score (nSPS) is 11.0. The molecular formula is C16H18N4O5S. The molecule has 0 saturated carbocycles. The fourth-order valence-corrected chi connectivity index (χ4v) is 2.89. The van der Waals surface area contributed by atoms with E-state index in [-0.39, 0.29) is 23.0 Å². The molecule has 0 spiro atoms. The van der Waals surface area contributed by atoms with Crippen LogP contribution in [0.4, 0.5) is 11.4 Å². The molecule has 0 saturated heterocycles. The van der Waals surface area contributed by atoms with Crippen LogP contribution in [0.5, 0.6) is 0 Å². The average Bonchev–Trinajstić information content (AvgIpc) is 2.65. The van der Waals surface area contributed by atoms with E-state index in [2.05, 4.69) is 15.4 Å². The third-order valence-electron chi connectivity index (χ3n) is 3.52. The van der Waals surface area contributed by atoms with E-state index in [1.807, 2.05) is 0 Å². The van der Waals surface area contributed by atoms with Crippen molar-refractivity contribution in [1.29, 1.82) is 0 Å². The maximum Gasteiger partial charge on any atom is 0.292 e. The Kier molecular flexibility index (Phi) is 6.26. The van der Waals surface area contributed by atoms with Gasteiger partial charge in [0.25, 0.3) is 11.6 Å². The number of nitrogens with one attached hydrogen (secondary N) is 3. The number of hydrogen-bond donors (Lipinski definition) is 3. The highest BCUT2D eigenvalue weighted by Crippen LogP contribution is 2.22. The molecule has 0 bridgehead atoms. The minimum atomic E-state index is -3.55. The van der Waals surface area contributed by atoms with Crippen LogP contribution in [0.15, 0.2) is 53.4 Å². The van der Waals surface area contributed by atoms with E-state index < -0.39 is 14.9 Å². The van der Waals surface area contributed by atoms with Crippen molar-refractivity contribution in [1.82, 2.24) is 10.0 Å². The number of hydrogen-bond acceptors (Lipinski definition) is 6. The highest BCUT2D eigenvalue weighted by atomic mass is 32.2. The van der Waals surface area contributed by atoms with Crippen molar-refractivity contribution in [3.05, 3.63) is 64.2 Å². The Morgan fingerprint density at radius 3 is 2.35 bits per heavy atom. The van der Waals surface area contributed by atoms with Crippen LogP contribution in [-0.4, -0.2) is 39.4 Å². The standard InChI is InChI=1S/C16H18N4O5S/c1-17-26(24,25)13-8-6-12(7-9-13)16(21)19-11-10-18-14-4-2-3-5-15(14)20(22)23/h2-9,17-18H,10-11H2,1H3,(H,19,21). The van der Waals surface area contributed by atoms with Gasteiger partial charge >= 0.3 is 0 Å². The highest BCUT2D eigenvalue weighted by molar-refractivity contribution is 7.89. The third kappa shape index (κ3) is 4.77. The Morgan fingerprint density at radius 1 is 1.08 bits per heavy atom. The van der Waals surface area contributed by atoms with Gasteiger partial charge in [-0.25, -0.2) is 13.1 Å². The predicted octanol–water partition coefficient (Wildman–Crippen LogP) is 1.34. The SMILES string of the molecule is CNS(=O)(=O)c1ccc(C(=O)NCCNc2ccccc2[N+](=O)[O-])cc1. The molecule has 3 N–H and O–H groups in total. The molecule has 2 rings (SSSR count). The van der Waals surface area contributed by atoms with Crippen LogP contribution in [0.1, 0.15) is 10.4 Å². The zero-order valence-electron chi connectivity index (χ0n) is 13.9. The molecule has 2 aromatic rings. The quantitative estimate of drug-likeness (QED) is 0.361. The monoisotopic (exact) mass is 378 g/mol. The molecule has 0 atom stereocenters. The summed E-state index contributed by atoms with van der Waals surface area (Å²) < 4.78 is 25.5. The van der Waals surface area contributed by atoms with Gasteiger partial charge in [-0.1, -0.05) is 12.1 Å². The number of carbonyl (C=O) groups excluding carboxylic acids is 1. The first kappa shape index (κ1) is 19.3. The molecule has 0 aliphatic rings. The Morgan fingerprint density at radius 2 is 1.73 bits per heavy atom. The number of rotatable bonds is 8. The lowest BCUT2D eigenvalue weighted by atomic mass is 10.2. The average molecular weight is 378 g/mol. The lowest BCUT2D eigenvalue weighted by molar-refractivity contribution is -0.384. The molecule has 26 heavy (non-hydrogen) atoms. The van der Waals surface area contributed by atoms with E-state index in [1.54, 1.807) is 18.2 Å². The van der Waals surface area contributed by atoms with Crippen molar-refractivity contribution >= 4 is 27.3 Å². The highest BCUT2D eigenvalue weighted by Gasteiger charge is 2.13. The largest absolute Gasteiger partial charge is 0.378 e. The first-order chi connectivity index (χ1) is 12.3. The number of amides is 1. The second kappa shape index (κ2) is 8.41. The molecule has 0 radical (unpaired) electrons. The van der Waals surface area contributed by atoms with Gasteiger partial charge in [0.15, 0.2) is 0 Å². The molecule has 0 aliphatic carbocycles. The van der Waals surface area contributed by atoms with Crippen molar-refractivity contribution in [2.75, 3.05) is 25.5 Å². The zero-order chi connectivity index (χ0) is 19.2. The van der Waals surface area contributed by atoms with Gasteiger partial charge in [-0.2, -0.15) is 0 Å². The summed E-state index contributed by atoms with van der Waals surface area (Å²) in [6.07, 6.45) is 0. The van der Waals surface area contributed by atoms with Crippen LogP contribution in [0.3, 0.4) is 0 Å². The fraction of sp³-hybridized carbons (Fsp3) is 0.188. The number of para-hydroxylation sites is 2. The Labute approximate surface area is 150 Å². The molecule has 0 aromatic heterocycles. The summed E-state index contributed by atoms with van der Waals surface area (Å²) in [6.45, 7) is 0.532. The summed E-state index contributed by atoms with van der Waals surface area (Å²) in [4.78, 5) is 22.5. The van der Waals surface area contributed by atoms with Crippen LogP contribution in [0.2, 0.25) is 0 Å². The zero-order valence-corrected chi connectivity index (χ0v) is 14.7. The van der Waals surface area contributed by atoms with Crippen LogP contribution in [0, 0.1) is 10.1 Å². The molecule has 1 amide bonds. The van der Waals surface area contributed by atoms with Gasteiger partial charge in [0.1, 0.15) is 5.69 Å². The van der Waals surface area contributed by atoms with Gasteiger partial charge in [0, 0.05) is 24.7 Å². The predicted molar refractivity (Wildman–Crippen MR) is 96.6 cm³/mol. The number of nitro benzene ring substituents is 1. The number of anilines is 1. The fourth-order valence-electron chi connectivity index (χ4n) is 2.16. The maximum atomic E-state index is 12.0. The molecule has 0 aliphatic heterocycles. The van der Waals surface area contributed by atoms with Crippen molar-refractivity contribution < 1.29 is 18.1 Å². The Hall–Kier alpha value is -2.98. The Balaban J connectivity index is 1.89. The maximum absolute atomic E-state index is 12.0. The summed E-state index contributed by atoms with van der Waals surface area (Å²) in [5.41, 5.74) is 0.638. The van der Waals surface area contributed by atoms with Crippen molar-refractivity contribution in [3.8, 4) is 0 Å². The summed E-state index contributed by atoms with van der Waals surface area (Å²) in [7, 11) is -2.24. The lowest BCUT2D eigenvalue weighted by Gasteiger charge is -2.09. The number of nitro groups is 1. The van der Waals surface area contributed by atoms with E-state index in [1.165, 1.54) is 37.4 Å². The third-order valence-corrected chi connectivity index (χ3v) is 4.95. The summed E-state index contributed by atoms with van der Waals surface area (Å²) >= 11 is 0. The molecular weight excluding hydrogens is 360 g/mol. The molecule has 2 aromatic carbocycles. The number of benzene rings is 2. The van der Waals surface area contributed by atoms with Gasteiger partial charge < -0.3 is 10.6 Å². The molecule has 0 heterocycles. The van der Waals surface area contributed by atoms with Gasteiger partial charge in [0.2, 0.25) is 10.0 Å². The van der Waals surface area contributed by atoms with Crippen LogP contribution >= 0.6 is 0 Å². The first-order valence-electron chi connectivity index (χ1n) is 7.64. The van der Waals surface area contributed by atoms with Gasteiger partial charge in [-0.3, -0.25) is 14.9 Å². The van der Waals surface area contributed by atoms with E-state index in [0.29, 0.717) is 17.8 Å². The van der Waals surface area contributed by atoms with E-state index in [4.69, 9.17) is 0 Å². The van der Waals surface area contributed by atoms with Crippen molar-refractivity contribution in [2.24, 2.45) is 0 Å². The molecule has 138 valence electrons. The van der Waals surface area contributed by atoms with E-state index in [0.717, 1.165) is 0 Å². The minimum absolute atomic E-state index is 0.0415. The van der Waals surface area contributed by atoms with E-state index >= 15 is 0 Å². The summed E-state index contributed by atoms with van der Waals surface area (Å²) in [6, 6.07) is 11.7. The van der Waals surface area contributed by atoms with Crippen molar-refractivity contribution in [3.63, 3.8) is 0 Å². The molecule has 0 unspecified atom stereocenters. The van der Waals surface area contributed by atoms with Crippen LogP contribution in [-0.2, 0) is 10.0 Å². The number of sulfonamides is 1. The lowest BCUT2D eigenvalue weighted by Crippen LogP contribution is -2.29. The topological polar surface area (TPSA) is 130 Å².